The van der Waals surface area contributed by atoms with E-state index < -0.39 is 33.9 Å². The topological polar surface area (TPSA) is 84.5 Å². The van der Waals surface area contributed by atoms with Crippen LogP contribution in [0.4, 0.5) is 23.2 Å². The summed E-state index contributed by atoms with van der Waals surface area (Å²) in [4.78, 5) is 12.2. The number of carbonyl (C=O) groups excluding carboxylic acids is 1. The highest BCUT2D eigenvalue weighted by Crippen LogP contribution is 2.23. The lowest BCUT2D eigenvalue weighted by Crippen LogP contribution is -2.25. The minimum absolute atomic E-state index is 0.0834. The molecule has 2 N–H and O–H groups in total. The van der Waals surface area contributed by atoms with Gasteiger partial charge in [-0.1, -0.05) is 12.1 Å². The highest BCUT2D eigenvalue weighted by atomic mass is 32.2. The molecule has 11 heteroatoms. The molecule has 0 heterocycles. The maximum atomic E-state index is 13.4. The van der Waals surface area contributed by atoms with E-state index in [0.717, 1.165) is 36.6 Å². The summed E-state index contributed by atoms with van der Waals surface area (Å²) in [6.07, 6.45) is -3.93. The van der Waals surface area contributed by atoms with Crippen molar-refractivity contribution >= 4 is 21.6 Å². The molecule has 0 fully saturated rings. The molecule has 0 atom stereocenters. The second-order valence-electron chi connectivity index (χ2n) is 5.44. The quantitative estimate of drug-likeness (QED) is 0.723. The summed E-state index contributed by atoms with van der Waals surface area (Å²) in [5, 5.41) is 2.43. The van der Waals surface area contributed by atoms with Crippen LogP contribution in [0.5, 0.6) is 5.75 Å². The van der Waals surface area contributed by atoms with Gasteiger partial charge in [-0.3, -0.25) is 9.52 Å². The number of rotatable bonds is 6. The Morgan fingerprint density at radius 3 is 2.30 bits per heavy atom. The largest absolute Gasteiger partial charge is 0.573 e. The van der Waals surface area contributed by atoms with E-state index >= 15 is 0 Å². The van der Waals surface area contributed by atoms with E-state index in [1.165, 1.54) is 12.1 Å². The van der Waals surface area contributed by atoms with Crippen LogP contribution in [0.1, 0.15) is 15.9 Å². The zero-order valence-electron chi connectivity index (χ0n) is 13.8. The van der Waals surface area contributed by atoms with Crippen LogP contribution in [0.3, 0.4) is 0 Å². The lowest BCUT2D eigenvalue weighted by molar-refractivity contribution is -0.274. The van der Waals surface area contributed by atoms with Gasteiger partial charge in [0.05, 0.1) is 17.5 Å². The van der Waals surface area contributed by atoms with Crippen molar-refractivity contribution < 1.29 is 35.5 Å². The van der Waals surface area contributed by atoms with Crippen LogP contribution in [-0.2, 0) is 16.6 Å². The van der Waals surface area contributed by atoms with Gasteiger partial charge in [-0.05, 0) is 35.9 Å². The van der Waals surface area contributed by atoms with Crippen molar-refractivity contribution in [1.82, 2.24) is 5.32 Å². The summed E-state index contributed by atoms with van der Waals surface area (Å²) in [5.41, 5.74) is 0.106. The number of carbonyl (C=O) groups is 1. The predicted octanol–water partition coefficient (Wildman–Crippen LogP) is 3.03. The van der Waals surface area contributed by atoms with E-state index in [-0.39, 0.29) is 17.8 Å². The van der Waals surface area contributed by atoms with Gasteiger partial charge < -0.3 is 10.1 Å². The molecule has 0 aliphatic rings. The summed E-state index contributed by atoms with van der Waals surface area (Å²) in [5.74, 6) is -1.92. The molecular formula is C16H14F4N2O4S. The first-order valence-corrected chi connectivity index (χ1v) is 9.22. The number of ether oxygens (including phenoxy) is 1. The van der Waals surface area contributed by atoms with Crippen molar-refractivity contribution in [2.75, 3.05) is 11.0 Å². The molecule has 0 aliphatic heterocycles. The lowest BCUT2D eigenvalue weighted by atomic mass is 10.1. The van der Waals surface area contributed by atoms with Crippen LogP contribution >= 0.6 is 0 Å². The summed E-state index contributed by atoms with van der Waals surface area (Å²) in [7, 11) is -3.69. The minimum Gasteiger partial charge on any atom is -0.406 e. The van der Waals surface area contributed by atoms with Crippen molar-refractivity contribution in [2.45, 2.75) is 12.9 Å². The van der Waals surface area contributed by atoms with Crippen molar-refractivity contribution in [1.29, 1.82) is 0 Å². The van der Waals surface area contributed by atoms with Gasteiger partial charge in [-0.2, -0.15) is 0 Å². The van der Waals surface area contributed by atoms with Gasteiger partial charge in [0.25, 0.3) is 5.91 Å². The lowest BCUT2D eigenvalue weighted by Gasteiger charge is -2.12. The monoisotopic (exact) mass is 406 g/mol. The summed E-state index contributed by atoms with van der Waals surface area (Å²) in [6, 6.07) is 7.73. The minimum atomic E-state index is -4.81. The van der Waals surface area contributed by atoms with Gasteiger partial charge in [0.1, 0.15) is 11.6 Å². The van der Waals surface area contributed by atoms with Crippen LogP contribution in [0.25, 0.3) is 0 Å². The van der Waals surface area contributed by atoms with E-state index in [4.69, 9.17) is 0 Å². The predicted molar refractivity (Wildman–Crippen MR) is 89.2 cm³/mol. The van der Waals surface area contributed by atoms with Crippen LogP contribution in [0, 0.1) is 5.82 Å². The Bertz CT molecular complexity index is 928. The fourth-order valence-electron chi connectivity index (χ4n) is 2.08. The SMILES string of the molecule is CS(=O)(=O)Nc1ccc(F)cc1C(=O)NCc1ccc(OC(F)(F)F)cc1. The van der Waals surface area contributed by atoms with E-state index in [9.17, 15) is 30.8 Å². The molecule has 6 nitrogen and oxygen atoms in total. The van der Waals surface area contributed by atoms with E-state index in [2.05, 4.69) is 14.8 Å². The molecule has 0 radical (unpaired) electrons. The molecule has 27 heavy (non-hydrogen) atoms. The Hall–Kier alpha value is -2.82. The Labute approximate surface area is 152 Å². The third-order valence-electron chi connectivity index (χ3n) is 3.13. The molecule has 0 saturated heterocycles. The Kier molecular flexibility index (Phi) is 5.94. The average Bonchev–Trinajstić information content (AvgIpc) is 2.53. The number of alkyl halides is 3. The van der Waals surface area contributed by atoms with Gasteiger partial charge in [0, 0.05) is 6.54 Å². The van der Waals surface area contributed by atoms with Gasteiger partial charge in [-0.25, -0.2) is 12.8 Å². The van der Waals surface area contributed by atoms with E-state index in [1.54, 1.807) is 0 Å². The van der Waals surface area contributed by atoms with E-state index in [1.807, 2.05) is 0 Å². The first-order valence-electron chi connectivity index (χ1n) is 7.33. The maximum Gasteiger partial charge on any atom is 0.573 e. The number of sulfonamides is 1. The number of hydrogen-bond acceptors (Lipinski definition) is 4. The maximum absolute atomic E-state index is 13.4. The molecule has 2 aromatic carbocycles. The van der Waals surface area contributed by atoms with Crippen LogP contribution in [0.2, 0.25) is 0 Å². The van der Waals surface area contributed by atoms with Crippen molar-refractivity contribution in [3.8, 4) is 5.75 Å². The van der Waals surface area contributed by atoms with Crippen LogP contribution in [-0.4, -0.2) is 26.9 Å². The van der Waals surface area contributed by atoms with Gasteiger partial charge in [0.2, 0.25) is 10.0 Å². The molecule has 0 saturated carbocycles. The molecule has 0 bridgehead atoms. The molecule has 1 amide bonds. The third-order valence-corrected chi connectivity index (χ3v) is 3.72. The van der Waals surface area contributed by atoms with Gasteiger partial charge in [0.15, 0.2) is 0 Å². The normalized spacial score (nSPS) is 11.7. The summed E-state index contributed by atoms with van der Waals surface area (Å²) in [6.45, 7) is -0.0834. The molecule has 0 aromatic heterocycles. The van der Waals surface area contributed by atoms with Crippen molar-refractivity contribution in [3.05, 3.63) is 59.4 Å². The molecule has 146 valence electrons. The zero-order chi connectivity index (χ0) is 20.2. The van der Waals surface area contributed by atoms with Gasteiger partial charge >= 0.3 is 6.36 Å². The summed E-state index contributed by atoms with van der Waals surface area (Å²) < 4.78 is 78.3. The van der Waals surface area contributed by atoms with Crippen LogP contribution < -0.4 is 14.8 Å². The number of benzene rings is 2. The molecule has 0 aliphatic carbocycles. The Morgan fingerprint density at radius 1 is 1.11 bits per heavy atom. The highest BCUT2D eigenvalue weighted by Gasteiger charge is 2.30. The van der Waals surface area contributed by atoms with Crippen molar-refractivity contribution in [2.24, 2.45) is 0 Å². The number of nitrogens with one attached hydrogen (secondary N) is 2. The smallest absolute Gasteiger partial charge is 0.406 e. The molecule has 0 spiro atoms. The molecular weight excluding hydrogens is 392 g/mol. The standard InChI is InChI=1S/C16H14F4N2O4S/c1-27(24,25)22-14-7-4-11(17)8-13(14)15(23)21-9-10-2-5-12(6-3-10)26-16(18,19)20/h2-8,22H,9H2,1H3,(H,21,23). The molecule has 2 aromatic rings. The highest BCUT2D eigenvalue weighted by molar-refractivity contribution is 7.92. The number of hydrogen-bond donors (Lipinski definition) is 2. The second kappa shape index (κ2) is 7.82. The van der Waals surface area contributed by atoms with Crippen LogP contribution in [0.15, 0.2) is 42.5 Å². The summed E-state index contributed by atoms with van der Waals surface area (Å²) >= 11 is 0. The first kappa shape index (κ1) is 20.5. The fraction of sp³-hybridized carbons (Fsp3) is 0.188. The van der Waals surface area contributed by atoms with Crippen molar-refractivity contribution in [3.63, 3.8) is 0 Å². The number of halogens is 4. The van der Waals surface area contributed by atoms with Gasteiger partial charge in [-0.15, -0.1) is 13.2 Å². The Morgan fingerprint density at radius 2 is 1.74 bits per heavy atom. The second-order valence-corrected chi connectivity index (χ2v) is 7.19. The number of anilines is 1. The van der Waals surface area contributed by atoms with E-state index in [0.29, 0.717) is 5.56 Å². The average molecular weight is 406 g/mol. The fourth-order valence-corrected chi connectivity index (χ4v) is 2.66. The molecule has 2 rings (SSSR count). The Balaban J connectivity index is 2.08. The third kappa shape index (κ3) is 6.77. The zero-order valence-corrected chi connectivity index (χ0v) is 14.6. The first-order chi connectivity index (χ1) is 12.4. The molecule has 0 unspecified atom stereocenters. The number of amides is 1.